The van der Waals surface area contributed by atoms with Gasteiger partial charge in [-0.25, -0.2) is 5.48 Å². The quantitative estimate of drug-likeness (QED) is 0.590. The van der Waals surface area contributed by atoms with Gasteiger partial charge in [0.15, 0.2) is 11.5 Å². The van der Waals surface area contributed by atoms with Gasteiger partial charge in [-0.3, -0.25) is 0 Å². The molecule has 0 saturated heterocycles. The van der Waals surface area contributed by atoms with E-state index in [1.807, 2.05) is 18.4 Å². The molecule has 1 aliphatic rings. The first-order valence-electron chi connectivity index (χ1n) is 4.19. The van der Waals surface area contributed by atoms with Gasteiger partial charge in [0, 0.05) is 6.54 Å². The third-order valence-electron chi connectivity index (χ3n) is 2.05. The second kappa shape index (κ2) is 4.08. The maximum absolute atomic E-state index is 8.66. The lowest BCUT2D eigenvalue weighted by molar-refractivity contribution is 0.160. The number of ether oxygens (including phenoxy) is 2. The van der Waals surface area contributed by atoms with Gasteiger partial charge in [0.25, 0.3) is 0 Å². The van der Waals surface area contributed by atoms with E-state index in [-0.39, 0.29) is 6.79 Å². The highest BCUT2D eigenvalue weighted by Crippen LogP contribution is 2.42. The van der Waals surface area contributed by atoms with Gasteiger partial charge >= 0.3 is 0 Å². The maximum atomic E-state index is 8.66. The molecule has 0 spiro atoms. The Morgan fingerprint density at radius 1 is 1.50 bits per heavy atom. The molecule has 2 rings (SSSR count). The Morgan fingerprint density at radius 3 is 3.07 bits per heavy atom. The summed E-state index contributed by atoms with van der Waals surface area (Å²) < 4.78 is 10.6. The Kier molecular flexibility index (Phi) is 2.81. The minimum Gasteiger partial charge on any atom is -0.454 e. The molecule has 4 nitrogen and oxygen atoms in total. The van der Waals surface area contributed by atoms with Crippen LogP contribution in [0.2, 0.25) is 0 Å². The van der Waals surface area contributed by atoms with E-state index >= 15 is 0 Å². The molecule has 0 saturated carbocycles. The molecule has 0 aromatic heterocycles. The van der Waals surface area contributed by atoms with Gasteiger partial charge < -0.3 is 14.7 Å². The summed E-state index contributed by atoms with van der Waals surface area (Å²) in [4.78, 5) is 1.02. The van der Waals surface area contributed by atoms with E-state index in [2.05, 4.69) is 5.48 Å². The molecule has 0 fully saturated rings. The van der Waals surface area contributed by atoms with Gasteiger partial charge in [-0.2, -0.15) is 0 Å². The summed E-state index contributed by atoms with van der Waals surface area (Å²) in [6, 6.07) is 3.78. The summed E-state index contributed by atoms with van der Waals surface area (Å²) >= 11 is 1.58. The van der Waals surface area contributed by atoms with Gasteiger partial charge in [0.1, 0.15) is 0 Å². The van der Waals surface area contributed by atoms with Crippen molar-refractivity contribution in [2.24, 2.45) is 0 Å². The summed E-state index contributed by atoms with van der Waals surface area (Å²) in [5, 5.41) is 8.66. The van der Waals surface area contributed by atoms with E-state index in [9.17, 15) is 0 Å². The van der Waals surface area contributed by atoms with Gasteiger partial charge in [-0.1, -0.05) is 6.07 Å². The van der Waals surface area contributed by atoms with Crippen molar-refractivity contribution in [1.82, 2.24) is 5.48 Å². The summed E-state index contributed by atoms with van der Waals surface area (Å²) in [5.41, 5.74) is 3.14. The molecule has 2 N–H and O–H groups in total. The molecule has 1 aliphatic heterocycles. The minimum absolute atomic E-state index is 0.277. The Balaban J connectivity index is 2.43. The molecule has 0 bridgehead atoms. The van der Waals surface area contributed by atoms with Crippen LogP contribution >= 0.6 is 11.8 Å². The number of fused-ring (bicyclic) bond motifs is 1. The lowest BCUT2D eigenvalue weighted by Crippen LogP contribution is -2.07. The number of thioether (sulfide) groups is 1. The van der Waals surface area contributed by atoms with Gasteiger partial charge in [-0.05, 0) is 17.9 Å². The zero-order valence-corrected chi connectivity index (χ0v) is 8.56. The minimum atomic E-state index is 0.277. The molecule has 0 amide bonds. The lowest BCUT2D eigenvalue weighted by atomic mass is 10.2. The van der Waals surface area contributed by atoms with E-state index in [0.717, 1.165) is 22.0 Å². The Bertz CT molecular complexity index is 343. The fourth-order valence-corrected chi connectivity index (χ4v) is 2.18. The van der Waals surface area contributed by atoms with Crippen molar-refractivity contribution in [3.05, 3.63) is 17.7 Å². The third kappa shape index (κ3) is 1.54. The van der Waals surface area contributed by atoms with Crippen molar-refractivity contribution < 1.29 is 14.7 Å². The molecule has 0 unspecified atom stereocenters. The topological polar surface area (TPSA) is 50.7 Å². The molecule has 14 heavy (non-hydrogen) atoms. The third-order valence-corrected chi connectivity index (χ3v) is 2.90. The first-order valence-corrected chi connectivity index (χ1v) is 5.41. The molecular weight excluding hydrogens is 202 g/mol. The molecule has 5 heteroatoms. The van der Waals surface area contributed by atoms with Crippen LogP contribution in [0.15, 0.2) is 17.0 Å². The highest BCUT2D eigenvalue weighted by Gasteiger charge is 2.19. The van der Waals surface area contributed by atoms with Crippen LogP contribution in [-0.2, 0) is 6.54 Å². The fraction of sp³-hybridized carbons (Fsp3) is 0.333. The van der Waals surface area contributed by atoms with Crippen molar-refractivity contribution in [3.63, 3.8) is 0 Å². The van der Waals surface area contributed by atoms with E-state index in [1.54, 1.807) is 11.8 Å². The van der Waals surface area contributed by atoms with Crippen LogP contribution < -0.4 is 15.0 Å². The lowest BCUT2D eigenvalue weighted by Gasteiger charge is -2.08. The summed E-state index contributed by atoms with van der Waals surface area (Å²) in [6.45, 7) is 0.686. The van der Waals surface area contributed by atoms with Crippen molar-refractivity contribution in [1.29, 1.82) is 0 Å². The Morgan fingerprint density at radius 2 is 2.36 bits per heavy atom. The summed E-state index contributed by atoms with van der Waals surface area (Å²) in [6.07, 6.45) is 1.97. The zero-order chi connectivity index (χ0) is 9.97. The van der Waals surface area contributed by atoms with Crippen LogP contribution in [0.5, 0.6) is 11.5 Å². The van der Waals surface area contributed by atoms with Crippen molar-refractivity contribution in [2.45, 2.75) is 11.4 Å². The van der Waals surface area contributed by atoms with Gasteiger partial charge in [0.05, 0.1) is 4.90 Å². The van der Waals surface area contributed by atoms with E-state index in [1.165, 1.54) is 0 Å². The predicted octanol–water partition coefficient (Wildman–Crippen LogP) is 1.62. The van der Waals surface area contributed by atoms with Crippen molar-refractivity contribution in [2.75, 3.05) is 13.0 Å². The van der Waals surface area contributed by atoms with Crippen LogP contribution in [0, 0.1) is 0 Å². The number of hydrogen-bond acceptors (Lipinski definition) is 5. The molecule has 1 aromatic rings. The van der Waals surface area contributed by atoms with Gasteiger partial charge in [-0.15, -0.1) is 11.8 Å². The molecular formula is C9H11NO3S. The highest BCUT2D eigenvalue weighted by molar-refractivity contribution is 7.98. The molecule has 76 valence electrons. The van der Waals surface area contributed by atoms with Crippen molar-refractivity contribution >= 4 is 11.8 Å². The van der Waals surface area contributed by atoms with Crippen LogP contribution in [0.1, 0.15) is 5.56 Å². The Hall–Kier alpha value is -0.910. The molecule has 0 aliphatic carbocycles. The average molecular weight is 213 g/mol. The SMILES string of the molecule is CSc1c(CNO)ccc2c1OCO2. The normalized spacial score (nSPS) is 13.3. The van der Waals surface area contributed by atoms with Crippen LogP contribution in [0.25, 0.3) is 0 Å². The monoisotopic (exact) mass is 213 g/mol. The second-order valence-electron chi connectivity index (χ2n) is 2.83. The molecule has 1 aromatic carbocycles. The average Bonchev–Trinajstić information content (AvgIpc) is 2.66. The number of nitrogens with one attached hydrogen (secondary N) is 1. The molecule has 1 heterocycles. The summed E-state index contributed by atoms with van der Waals surface area (Å²) in [5.74, 6) is 1.56. The second-order valence-corrected chi connectivity index (χ2v) is 3.64. The van der Waals surface area contributed by atoms with Crippen LogP contribution in [0.4, 0.5) is 0 Å². The standard InChI is InChI=1S/C9H11NO3S/c1-14-9-6(4-10-11)2-3-7-8(9)13-5-12-7/h2-3,10-11H,4-5H2,1H3. The first-order chi connectivity index (χ1) is 6.86. The number of benzene rings is 1. The zero-order valence-electron chi connectivity index (χ0n) is 7.74. The smallest absolute Gasteiger partial charge is 0.231 e. The first kappa shape index (κ1) is 9.64. The van der Waals surface area contributed by atoms with Crippen molar-refractivity contribution in [3.8, 4) is 11.5 Å². The van der Waals surface area contributed by atoms with Crippen LogP contribution in [0.3, 0.4) is 0 Å². The van der Waals surface area contributed by atoms with Gasteiger partial charge in [0.2, 0.25) is 6.79 Å². The van der Waals surface area contributed by atoms with E-state index < -0.39 is 0 Å². The fourth-order valence-electron chi connectivity index (χ4n) is 1.44. The van der Waals surface area contributed by atoms with Crippen LogP contribution in [-0.4, -0.2) is 18.3 Å². The van der Waals surface area contributed by atoms with E-state index in [4.69, 9.17) is 14.7 Å². The number of hydrogen-bond donors (Lipinski definition) is 2. The Labute approximate surface area is 86.2 Å². The summed E-state index contributed by atoms with van der Waals surface area (Å²) in [7, 11) is 0. The van der Waals surface area contributed by atoms with E-state index in [0.29, 0.717) is 6.54 Å². The number of rotatable bonds is 3. The molecule has 0 atom stereocenters. The molecule has 0 radical (unpaired) electrons. The maximum Gasteiger partial charge on any atom is 0.231 e. The largest absolute Gasteiger partial charge is 0.454 e. The predicted molar refractivity (Wildman–Crippen MR) is 53.0 cm³/mol. The number of hydroxylamine groups is 1. The highest BCUT2D eigenvalue weighted by atomic mass is 32.2.